The fourth-order valence-corrected chi connectivity index (χ4v) is 5.76. The molecular weight excluding hydrogens is 688 g/mol. The maximum Gasteiger partial charge on any atom is 0.249 e. The first-order valence-corrected chi connectivity index (χ1v) is 18.3. The van der Waals surface area contributed by atoms with Gasteiger partial charge >= 0.3 is 0 Å². The van der Waals surface area contributed by atoms with Crippen LogP contribution in [0.15, 0.2) is 91.0 Å². The molecule has 6 atom stereocenters. The molecule has 0 bridgehead atoms. The minimum atomic E-state index is -1.41. The average Bonchev–Trinajstić information content (AvgIpc) is 3.13. The summed E-state index contributed by atoms with van der Waals surface area (Å²) >= 11 is 0. The summed E-state index contributed by atoms with van der Waals surface area (Å²) in [6.07, 6.45) is -0.931. The number of amides is 6. The van der Waals surface area contributed by atoms with Gasteiger partial charge in [-0.05, 0) is 41.9 Å². The van der Waals surface area contributed by atoms with Crippen molar-refractivity contribution in [3.63, 3.8) is 0 Å². The number of aliphatic hydroxyl groups excluding tert-OH is 1. The lowest BCUT2D eigenvalue weighted by Gasteiger charge is -2.28. The van der Waals surface area contributed by atoms with Crippen molar-refractivity contribution in [2.45, 2.75) is 96.6 Å². The van der Waals surface area contributed by atoms with E-state index in [1.165, 1.54) is 6.92 Å². The maximum absolute atomic E-state index is 14.1. The lowest BCUT2D eigenvalue weighted by atomic mass is 9.98. The minimum absolute atomic E-state index is 0.0495. The number of carbonyl (C=O) groups excluding carboxylic acids is 6. The number of hydrogen-bond donors (Lipinski definition) is 7. The smallest absolute Gasteiger partial charge is 0.249 e. The molecule has 6 amide bonds. The maximum atomic E-state index is 14.1. The molecule has 0 spiro atoms. The van der Waals surface area contributed by atoms with Gasteiger partial charge in [0.05, 0.1) is 0 Å². The standard InChI is InChI=1S/C41H54N6O7/c1-25(2)21-31(36(42)49)44-41(54)35(26(3)4)47-39(52)33(23-29-17-11-7-12-18-29)46-38(51)32(22-28-15-9-6-10-16-28)45-37(50)27(5)43-40(53)34(48)24-30-19-13-8-14-20-30/h6-20,25-27,31-35,48H,21-24H2,1-5H3,(H2,42,49)(H,43,53)(H,44,54)(H,45,50)(H,46,51)(H,47,52)/t27-,31-,32-,33-,34+,35-/m1/s1. The van der Waals surface area contributed by atoms with E-state index in [0.29, 0.717) is 6.42 Å². The molecule has 0 radical (unpaired) electrons. The van der Waals surface area contributed by atoms with Crippen LogP contribution in [0.2, 0.25) is 0 Å². The van der Waals surface area contributed by atoms with Gasteiger partial charge in [0.1, 0.15) is 36.3 Å². The topological polar surface area (TPSA) is 209 Å². The van der Waals surface area contributed by atoms with E-state index in [9.17, 15) is 33.9 Å². The van der Waals surface area contributed by atoms with Crippen molar-refractivity contribution in [3.05, 3.63) is 108 Å². The molecule has 54 heavy (non-hydrogen) atoms. The van der Waals surface area contributed by atoms with Gasteiger partial charge in [0.15, 0.2) is 0 Å². The zero-order valence-electron chi connectivity index (χ0n) is 31.6. The third-order valence-electron chi connectivity index (χ3n) is 8.77. The van der Waals surface area contributed by atoms with Crippen LogP contribution in [0.1, 0.15) is 57.7 Å². The summed E-state index contributed by atoms with van der Waals surface area (Å²) in [5.41, 5.74) is 7.74. The summed E-state index contributed by atoms with van der Waals surface area (Å²) in [6, 6.07) is 21.4. The van der Waals surface area contributed by atoms with E-state index in [4.69, 9.17) is 5.73 Å². The van der Waals surface area contributed by atoms with E-state index in [1.807, 2.05) is 32.0 Å². The predicted molar refractivity (Wildman–Crippen MR) is 205 cm³/mol. The van der Waals surface area contributed by atoms with Crippen molar-refractivity contribution < 1.29 is 33.9 Å². The van der Waals surface area contributed by atoms with E-state index in [2.05, 4.69) is 26.6 Å². The predicted octanol–water partition coefficient (Wildman–Crippen LogP) is 1.71. The van der Waals surface area contributed by atoms with Gasteiger partial charge in [0.2, 0.25) is 35.4 Å². The van der Waals surface area contributed by atoms with Crippen LogP contribution in [0, 0.1) is 11.8 Å². The summed E-state index contributed by atoms with van der Waals surface area (Å²) in [7, 11) is 0. The molecule has 0 heterocycles. The third kappa shape index (κ3) is 14.1. The van der Waals surface area contributed by atoms with Gasteiger partial charge in [-0.25, -0.2) is 0 Å². The molecule has 8 N–H and O–H groups in total. The fourth-order valence-electron chi connectivity index (χ4n) is 5.76. The minimum Gasteiger partial charge on any atom is -0.383 e. The van der Waals surface area contributed by atoms with Crippen LogP contribution >= 0.6 is 0 Å². The van der Waals surface area contributed by atoms with E-state index in [0.717, 1.165) is 16.7 Å². The first-order chi connectivity index (χ1) is 25.6. The zero-order valence-corrected chi connectivity index (χ0v) is 31.6. The molecule has 3 aromatic rings. The zero-order chi connectivity index (χ0) is 39.8. The SMILES string of the molecule is CC(C)C[C@@H](NC(=O)[C@H](NC(=O)[C@@H](Cc1ccccc1)NC(=O)[C@@H](Cc1ccccc1)NC(=O)[C@@H](C)NC(=O)[C@@H](O)Cc1ccccc1)C(C)C)C(N)=O. The molecule has 3 rings (SSSR count). The number of rotatable bonds is 20. The van der Waals surface area contributed by atoms with Crippen molar-refractivity contribution in [3.8, 4) is 0 Å². The monoisotopic (exact) mass is 742 g/mol. The van der Waals surface area contributed by atoms with Gasteiger partial charge in [-0.15, -0.1) is 0 Å². The molecule has 0 saturated carbocycles. The van der Waals surface area contributed by atoms with Gasteiger partial charge < -0.3 is 37.4 Å². The number of nitrogens with one attached hydrogen (secondary N) is 5. The summed E-state index contributed by atoms with van der Waals surface area (Å²) in [4.78, 5) is 79.7. The van der Waals surface area contributed by atoms with Crippen molar-refractivity contribution in [1.29, 1.82) is 0 Å². The van der Waals surface area contributed by atoms with Crippen molar-refractivity contribution in [2.75, 3.05) is 0 Å². The largest absolute Gasteiger partial charge is 0.383 e. The Balaban J connectivity index is 1.82. The van der Waals surface area contributed by atoms with Crippen LogP contribution < -0.4 is 32.3 Å². The molecule has 0 aliphatic rings. The van der Waals surface area contributed by atoms with Crippen LogP contribution in [-0.4, -0.2) is 76.9 Å². The van der Waals surface area contributed by atoms with Crippen molar-refractivity contribution in [1.82, 2.24) is 26.6 Å². The molecule has 0 unspecified atom stereocenters. The van der Waals surface area contributed by atoms with E-state index < -0.39 is 77.7 Å². The Kier molecular flexibility index (Phi) is 16.8. The Morgan fingerprint density at radius 2 is 0.926 bits per heavy atom. The van der Waals surface area contributed by atoms with Crippen LogP contribution in [0.25, 0.3) is 0 Å². The summed E-state index contributed by atoms with van der Waals surface area (Å²) in [5.74, 6) is -4.38. The Labute approximate surface area is 317 Å². The second-order valence-corrected chi connectivity index (χ2v) is 14.3. The normalized spacial score (nSPS) is 14.4. The van der Waals surface area contributed by atoms with Crippen molar-refractivity contribution >= 4 is 35.4 Å². The molecule has 3 aromatic carbocycles. The number of benzene rings is 3. The van der Waals surface area contributed by atoms with Crippen LogP contribution in [-0.2, 0) is 48.0 Å². The number of primary amides is 1. The Morgan fingerprint density at radius 1 is 0.519 bits per heavy atom. The Hall–Kier alpha value is -5.56. The second kappa shape index (κ2) is 21.2. The molecular formula is C41H54N6O7. The summed E-state index contributed by atoms with van der Waals surface area (Å²) in [5, 5.41) is 23.9. The first-order valence-electron chi connectivity index (χ1n) is 18.3. The highest BCUT2D eigenvalue weighted by Crippen LogP contribution is 2.11. The van der Waals surface area contributed by atoms with Gasteiger partial charge in [0, 0.05) is 19.3 Å². The number of carbonyl (C=O) groups is 6. The molecule has 13 heteroatoms. The average molecular weight is 743 g/mol. The molecule has 290 valence electrons. The molecule has 0 aliphatic heterocycles. The van der Waals surface area contributed by atoms with Crippen LogP contribution in [0.4, 0.5) is 0 Å². The van der Waals surface area contributed by atoms with Gasteiger partial charge in [-0.2, -0.15) is 0 Å². The van der Waals surface area contributed by atoms with Crippen LogP contribution in [0.5, 0.6) is 0 Å². The van der Waals surface area contributed by atoms with E-state index >= 15 is 0 Å². The van der Waals surface area contributed by atoms with Crippen molar-refractivity contribution in [2.24, 2.45) is 17.6 Å². The molecule has 13 nitrogen and oxygen atoms in total. The van der Waals surface area contributed by atoms with E-state index in [-0.39, 0.29) is 25.2 Å². The molecule has 0 aliphatic carbocycles. The second-order valence-electron chi connectivity index (χ2n) is 14.3. The highest BCUT2D eigenvalue weighted by molar-refractivity contribution is 5.96. The van der Waals surface area contributed by atoms with Gasteiger partial charge in [0.25, 0.3) is 0 Å². The quantitative estimate of drug-likeness (QED) is 0.0911. The number of aliphatic hydroxyl groups is 1. The summed E-state index contributed by atoms with van der Waals surface area (Å²) < 4.78 is 0. The lowest BCUT2D eigenvalue weighted by Crippen LogP contribution is -2.60. The fraction of sp³-hybridized carbons (Fsp3) is 0.415. The van der Waals surface area contributed by atoms with Gasteiger partial charge in [-0.1, -0.05) is 119 Å². The summed E-state index contributed by atoms with van der Waals surface area (Å²) in [6.45, 7) is 8.70. The first kappa shape index (κ1) is 42.8. The van der Waals surface area contributed by atoms with E-state index in [1.54, 1.807) is 86.6 Å². The number of nitrogens with two attached hydrogens (primary N) is 1. The van der Waals surface area contributed by atoms with Gasteiger partial charge in [-0.3, -0.25) is 28.8 Å². The lowest BCUT2D eigenvalue weighted by molar-refractivity contribution is -0.136. The van der Waals surface area contributed by atoms with Crippen LogP contribution in [0.3, 0.4) is 0 Å². The molecule has 0 fully saturated rings. The Bertz CT molecular complexity index is 1690. The Morgan fingerprint density at radius 3 is 1.35 bits per heavy atom. The molecule has 0 saturated heterocycles. The third-order valence-corrected chi connectivity index (χ3v) is 8.77. The number of hydrogen-bond acceptors (Lipinski definition) is 7. The highest BCUT2D eigenvalue weighted by atomic mass is 16.3. The molecule has 0 aromatic heterocycles. The highest BCUT2D eigenvalue weighted by Gasteiger charge is 2.33.